The molecule has 3 N–H and O–H groups in total. The van der Waals surface area contributed by atoms with Gasteiger partial charge in [-0.1, -0.05) is 17.7 Å². The number of anilines is 1. The van der Waals surface area contributed by atoms with E-state index in [0.29, 0.717) is 17.3 Å². The van der Waals surface area contributed by atoms with Crippen LogP contribution in [-0.4, -0.2) is 43.9 Å². The molecule has 0 aromatic heterocycles. The quantitative estimate of drug-likeness (QED) is 0.704. The highest BCUT2D eigenvalue weighted by atomic mass is 35.5. The predicted molar refractivity (Wildman–Crippen MR) is 75.6 cm³/mol. The van der Waals surface area contributed by atoms with Gasteiger partial charge in [-0.15, -0.1) is 0 Å². The van der Waals surface area contributed by atoms with Gasteiger partial charge in [0, 0.05) is 24.4 Å². The summed E-state index contributed by atoms with van der Waals surface area (Å²) in [5.41, 5.74) is 1.63. The molecule has 1 atom stereocenters. The van der Waals surface area contributed by atoms with Crippen LogP contribution in [0.2, 0.25) is 5.02 Å². The van der Waals surface area contributed by atoms with Crippen molar-refractivity contribution in [2.75, 3.05) is 32.1 Å². The summed E-state index contributed by atoms with van der Waals surface area (Å²) < 4.78 is 4.78. The summed E-state index contributed by atoms with van der Waals surface area (Å²) in [6.07, 6.45) is -0.620. The minimum atomic E-state index is -0.620. The number of aryl methyl sites for hydroxylation is 1. The largest absolute Gasteiger partial charge is 0.389 e. The zero-order valence-corrected chi connectivity index (χ0v) is 11.8. The lowest BCUT2D eigenvalue weighted by atomic mass is 10.2. The molecule has 0 aliphatic carbocycles. The molecule has 1 amide bonds. The highest BCUT2D eigenvalue weighted by molar-refractivity contribution is 6.31. The monoisotopic (exact) mass is 286 g/mol. The van der Waals surface area contributed by atoms with Crippen molar-refractivity contribution < 1.29 is 14.6 Å². The number of methoxy groups -OCH3 is 1. The number of aliphatic hydroxyl groups excluding tert-OH is 1. The Hall–Kier alpha value is -1.14. The molecule has 1 rings (SSSR count). The van der Waals surface area contributed by atoms with Gasteiger partial charge in [0.15, 0.2) is 0 Å². The van der Waals surface area contributed by atoms with E-state index in [1.165, 1.54) is 7.11 Å². The summed E-state index contributed by atoms with van der Waals surface area (Å²) in [6, 6.07) is 5.31. The third-order valence-electron chi connectivity index (χ3n) is 2.50. The molecule has 1 aromatic rings. The highest BCUT2D eigenvalue weighted by Crippen LogP contribution is 2.19. The van der Waals surface area contributed by atoms with Crippen LogP contribution < -0.4 is 10.6 Å². The van der Waals surface area contributed by atoms with Gasteiger partial charge in [-0.3, -0.25) is 4.79 Å². The lowest BCUT2D eigenvalue weighted by Gasteiger charge is -2.12. The first-order chi connectivity index (χ1) is 9.02. The number of amides is 1. The van der Waals surface area contributed by atoms with E-state index in [1.807, 2.05) is 13.0 Å². The number of benzene rings is 1. The van der Waals surface area contributed by atoms with E-state index in [4.69, 9.17) is 16.3 Å². The Kier molecular flexibility index (Phi) is 6.80. The fraction of sp³-hybridized carbons (Fsp3) is 0.462. The maximum atomic E-state index is 11.7. The first kappa shape index (κ1) is 15.9. The lowest BCUT2D eigenvalue weighted by Crippen LogP contribution is -2.35. The van der Waals surface area contributed by atoms with Crippen LogP contribution in [0.4, 0.5) is 5.69 Å². The Morgan fingerprint density at radius 2 is 2.26 bits per heavy atom. The van der Waals surface area contributed by atoms with Gasteiger partial charge in [-0.2, -0.15) is 0 Å². The number of hydrogen-bond acceptors (Lipinski definition) is 4. The van der Waals surface area contributed by atoms with Crippen molar-refractivity contribution in [3.8, 4) is 0 Å². The first-order valence-electron chi connectivity index (χ1n) is 5.96. The second-order valence-corrected chi connectivity index (χ2v) is 4.68. The zero-order valence-electron chi connectivity index (χ0n) is 11.1. The van der Waals surface area contributed by atoms with E-state index in [1.54, 1.807) is 12.1 Å². The van der Waals surface area contributed by atoms with Crippen molar-refractivity contribution in [2.24, 2.45) is 0 Å². The molecule has 0 aliphatic heterocycles. The van der Waals surface area contributed by atoms with Crippen molar-refractivity contribution in [1.29, 1.82) is 0 Å². The number of nitrogens with one attached hydrogen (secondary N) is 2. The molecule has 19 heavy (non-hydrogen) atoms. The Morgan fingerprint density at radius 1 is 1.53 bits per heavy atom. The van der Waals surface area contributed by atoms with Crippen molar-refractivity contribution >= 4 is 23.2 Å². The second kappa shape index (κ2) is 8.12. The Morgan fingerprint density at radius 3 is 2.95 bits per heavy atom. The molecule has 1 aromatic carbocycles. The fourth-order valence-corrected chi connectivity index (χ4v) is 1.70. The standard InChI is InChI=1S/C13H19ClN2O3/c1-9-3-4-10(14)5-12(9)16-13(18)7-15-6-11(17)8-19-2/h3-5,11,15,17H,6-8H2,1-2H3,(H,16,18). The number of aliphatic hydroxyl groups is 1. The molecular weight excluding hydrogens is 268 g/mol. The molecule has 0 saturated carbocycles. The van der Waals surface area contributed by atoms with Crippen LogP contribution in [0.5, 0.6) is 0 Å². The number of ether oxygens (including phenoxy) is 1. The molecule has 1 unspecified atom stereocenters. The zero-order chi connectivity index (χ0) is 14.3. The molecule has 0 spiro atoms. The van der Waals surface area contributed by atoms with E-state index in [0.717, 1.165) is 5.56 Å². The fourth-order valence-electron chi connectivity index (χ4n) is 1.53. The van der Waals surface area contributed by atoms with Crippen LogP contribution >= 0.6 is 11.6 Å². The molecule has 0 fully saturated rings. The van der Waals surface area contributed by atoms with Gasteiger partial charge in [-0.25, -0.2) is 0 Å². The summed E-state index contributed by atoms with van der Waals surface area (Å²) in [5, 5.41) is 15.6. The summed E-state index contributed by atoms with van der Waals surface area (Å²) in [6.45, 7) is 2.55. The third-order valence-corrected chi connectivity index (χ3v) is 2.73. The van der Waals surface area contributed by atoms with Crippen molar-refractivity contribution in [3.63, 3.8) is 0 Å². The van der Waals surface area contributed by atoms with Crippen molar-refractivity contribution in [2.45, 2.75) is 13.0 Å². The minimum absolute atomic E-state index is 0.118. The van der Waals surface area contributed by atoms with Gasteiger partial charge in [0.2, 0.25) is 5.91 Å². The molecule has 0 heterocycles. The number of halogens is 1. The second-order valence-electron chi connectivity index (χ2n) is 4.25. The van der Waals surface area contributed by atoms with E-state index < -0.39 is 6.10 Å². The lowest BCUT2D eigenvalue weighted by molar-refractivity contribution is -0.115. The first-order valence-corrected chi connectivity index (χ1v) is 6.34. The van der Waals surface area contributed by atoms with Gasteiger partial charge in [0.1, 0.15) is 0 Å². The van der Waals surface area contributed by atoms with Crippen LogP contribution in [0.1, 0.15) is 5.56 Å². The van der Waals surface area contributed by atoms with Crippen LogP contribution in [0.25, 0.3) is 0 Å². The molecule has 106 valence electrons. The number of rotatable bonds is 7. The Bertz CT molecular complexity index is 426. The van der Waals surface area contributed by atoms with Crippen molar-refractivity contribution in [3.05, 3.63) is 28.8 Å². The Balaban J connectivity index is 2.37. The summed E-state index contributed by atoms with van der Waals surface area (Å²) in [4.78, 5) is 11.7. The van der Waals surface area contributed by atoms with Gasteiger partial charge < -0.3 is 20.5 Å². The van der Waals surface area contributed by atoms with Crippen LogP contribution in [0.15, 0.2) is 18.2 Å². The summed E-state index contributed by atoms with van der Waals surface area (Å²) in [7, 11) is 1.51. The van der Waals surface area contributed by atoms with E-state index >= 15 is 0 Å². The summed E-state index contributed by atoms with van der Waals surface area (Å²) >= 11 is 5.87. The van der Waals surface area contributed by atoms with Crippen LogP contribution in [-0.2, 0) is 9.53 Å². The average molecular weight is 287 g/mol. The van der Waals surface area contributed by atoms with Crippen LogP contribution in [0.3, 0.4) is 0 Å². The predicted octanol–water partition coefficient (Wildman–Crippen LogP) is 1.18. The number of carbonyl (C=O) groups excluding carboxylic acids is 1. The normalized spacial score (nSPS) is 12.2. The maximum absolute atomic E-state index is 11.7. The smallest absolute Gasteiger partial charge is 0.238 e. The molecule has 5 nitrogen and oxygen atoms in total. The maximum Gasteiger partial charge on any atom is 0.238 e. The Labute approximate surface area is 117 Å². The topological polar surface area (TPSA) is 70.6 Å². The van der Waals surface area contributed by atoms with E-state index in [2.05, 4.69) is 10.6 Å². The molecule has 6 heteroatoms. The highest BCUT2D eigenvalue weighted by Gasteiger charge is 2.07. The number of hydrogen-bond donors (Lipinski definition) is 3. The van der Waals surface area contributed by atoms with Gasteiger partial charge in [0.05, 0.1) is 19.3 Å². The molecule has 0 saturated heterocycles. The minimum Gasteiger partial charge on any atom is -0.389 e. The van der Waals surface area contributed by atoms with Gasteiger partial charge >= 0.3 is 0 Å². The van der Waals surface area contributed by atoms with E-state index in [-0.39, 0.29) is 19.1 Å². The number of carbonyl (C=O) groups is 1. The SMILES string of the molecule is COCC(O)CNCC(=O)Nc1cc(Cl)ccc1C. The summed E-state index contributed by atoms with van der Waals surface area (Å²) in [5.74, 6) is -0.185. The van der Waals surface area contributed by atoms with Gasteiger partial charge in [-0.05, 0) is 24.6 Å². The molecular formula is C13H19ClN2O3. The van der Waals surface area contributed by atoms with Gasteiger partial charge in [0.25, 0.3) is 0 Å². The van der Waals surface area contributed by atoms with Crippen molar-refractivity contribution in [1.82, 2.24) is 5.32 Å². The molecule has 0 aliphatic rings. The average Bonchev–Trinajstić information content (AvgIpc) is 2.34. The van der Waals surface area contributed by atoms with E-state index in [9.17, 15) is 9.90 Å². The van der Waals surface area contributed by atoms with Crippen LogP contribution in [0, 0.1) is 6.92 Å². The third kappa shape index (κ3) is 6.02. The molecule has 0 bridgehead atoms. The molecule has 0 radical (unpaired) electrons.